The van der Waals surface area contributed by atoms with E-state index in [9.17, 15) is 4.79 Å². The molecule has 0 aromatic heterocycles. The van der Waals surface area contributed by atoms with Crippen LogP contribution in [0.25, 0.3) is 0 Å². The maximum absolute atomic E-state index is 10.4. The maximum Gasteiger partial charge on any atom is 0.363 e. The fourth-order valence-electron chi connectivity index (χ4n) is 0.835. The molecule has 0 aliphatic rings. The molecule has 2 N–H and O–H groups in total. The van der Waals surface area contributed by atoms with Crippen LogP contribution in [0.1, 0.15) is 0 Å². The van der Waals surface area contributed by atoms with Crippen LogP contribution in [0, 0.1) is 0 Å². The van der Waals surface area contributed by atoms with E-state index in [0.717, 1.165) is 5.69 Å². The van der Waals surface area contributed by atoms with Gasteiger partial charge < -0.3 is 10.4 Å². The summed E-state index contributed by atoms with van der Waals surface area (Å²) in [6, 6.07) is 6.78. The third-order valence-corrected chi connectivity index (χ3v) is 1.78. The number of aliphatic imine (C=N–C) groups is 1. The van der Waals surface area contributed by atoms with Gasteiger partial charge in [0.25, 0.3) is 0 Å². The SMILES string of the molecule is C=Nc1ccc(NC(=S)C(=O)O)cc1. The standard InChI is InChI=1S/C9H8N2O2S/c1-10-6-2-4-7(5-3-6)11-8(14)9(12)13/h2-5H,1H2,(H,11,14)(H,12,13). The average Bonchev–Trinajstić information content (AvgIpc) is 2.19. The van der Waals surface area contributed by atoms with Crippen LogP contribution >= 0.6 is 12.2 Å². The van der Waals surface area contributed by atoms with Crippen molar-refractivity contribution in [3.05, 3.63) is 24.3 Å². The van der Waals surface area contributed by atoms with Crippen LogP contribution in [0.4, 0.5) is 11.4 Å². The molecule has 0 bridgehead atoms. The molecule has 0 saturated carbocycles. The Morgan fingerprint density at radius 3 is 2.43 bits per heavy atom. The van der Waals surface area contributed by atoms with Crippen molar-refractivity contribution in [1.29, 1.82) is 0 Å². The minimum absolute atomic E-state index is 0.232. The summed E-state index contributed by atoms with van der Waals surface area (Å²) < 4.78 is 0. The topological polar surface area (TPSA) is 61.7 Å². The van der Waals surface area contributed by atoms with Gasteiger partial charge in [-0.25, -0.2) is 4.79 Å². The van der Waals surface area contributed by atoms with Crippen LogP contribution in [-0.2, 0) is 4.79 Å². The molecule has 1 aromatic carbocycles. The highest BCUT2D eigenvalue weighted by Gasteiger charge is 2.05. The smallest absolute Gasteiger partial charge is 0.363 e. The van der Waals surface area contributed by atoms with Crippen LogP contribution in [0.2, 0.25) is 0 Å². The fraction of sp³-hybridized carbons (Fsp3) is 0. The number of carboxylic acid groups (broad SMARTS) is 1. The summed E-state index contributed by atoms with van der Waals surface area (Å²) in [6.45, 7) is 3.36. The summed E-state index contributed by atoms with van der Waals surface area (Å²) in [5.74, 6) is -1.15. The van der Waals surface area contributed by atoms with Gasteiger partial charge in [0.15, 0.2) is 4.99 Å². The second kappa shape index (κ2) is 4.48. The minimum Gasteiger partial charge on any atom is -0.476 e. The minimum atomic E-state index is -1.15. The van der Waals surface area contributed by atoms with Crippen molar-refractivity contribution in [1.82, 2.24) is 0 Å². The molecule has 72 valence electrons. The number of carboxylic acids is 1. The molecular formula is C9H8N2O2S. The van der Waals surface area contributed by atoms with Gasteiger partial charge in [0, 0.05) is 5.69 Å². The van der Waals surface area contributed by atoms with Crippen LogP contribution in [0.5, 0.6) is 0 Å². The Labute approximate surface area is 86.3 Å². The molecule has 4 nitrogen and oxygen atoms in total. The van der Waals surface area contributed by atoms with E-state index in [2.05, 4.69) is 29.2 Å². The summed E-state index contributed by atoms with van der Waals surface area (Å²) >= 11 is 4.57. The molecule has 14 heavy (non-hydrogen) atoms. The molecule has 0 spiro atoms. The van der Waals surface area contributed by atoms with E-state index in [-0.39, 0.29) is 4.99 Å². The second-order valence-electron chi connectivity index (χ2n) is 2.46. The molecule has 0 radical (unpaired) electrons. The number of thiocarbonyl (C=S) groups is 1. The predicted octanol–water partition coefficient (Wildman–Crippen LogP) is 1.84. The Balaban J connectivity index is 2.73. The molecule has 0 atom stereocenters. The summed E-state index contributed by atoms with van der Waals surface area (Å²) in [7, 11) is 0. The van der Waals surface area contributed by atoms with E-state index in [0.29, 0.717) is 5.69 Å². The first-order valence-electron chi connectivity index (χ1n) is 3.74. The van der Waals surface area contributed by atoms with Crippen LogP contribution < -0.4 is 5.32 Å². The van der Waals surface area contributed by atoms with Crippen molar-refractivity contribution in [3.8, 4) is 0 Å². The Hall–Kier alpha value is -1.75. The third-order valence-electron chi connectivity index (χ3n) is 1.50. The molecule has 0 heterocycles. The molecule has 1 aromatic rings. The summed E-state index contributed by atoms with van der Waals surface area (Å²) in [5, 5.41) is 11.1. The summed E-state index contributed by atoms with van der Waals surface area (Å²) in [4.78, 5) is 13.9. The number of nitrogens with zero attached hydrogens (tertiary/aromatic N) is 1. The van der Waals surface area contributed by atoms with Crippen molar-refractivity contribution < 1.29 is 9.90 Å². The van der Waals surface area contributed by atoms with Crippen molar-refractivity contribution in [2.75, 3.05) is 5.32 Å². The molecule has 5 heteroatoms. The van der Waals surface area contributed by atoms with Gasteiger partial charge in [-0.15, -0.1) is 0 Å². The van der Waals surface area contributed by atoms with Crippen LogP contribution in [-0.4, -0.2) is 22.8 Å². The van der Waals surface area contributed by atoms with Crippen molar-refractivity contribution in [3.63, 3.8) is 0 Å². The molecule has 1 rings (SSSR count). The predicted molar refractivity (Wildman–Crippen MR) is 59.5 cm³/mol. The number of anilines is 1. The van der Waals surface area contributed by atoms with Gasteiger partial charge in [0.05, 0.1) is 5.69 Å². The fourth-order valence-corrected chi connectivity index (χ4v) is 0.953. The first-order valence-corrected chi connectivity index (χ1v) is 4.15. The largest absolute Gasteiger partial charge is 0.476 e. The van der Waals surface area contributed by atoms with Gasteiger partial charge in [-0.2, -0.15) is 0 Å². The highest BCUT2D eigenvalue weighted by atomic mass is 32.1. The Bertz CT molecular complexity index is 373. The van der Waals surface area contributed by atoms with E-state index < -0.39 is 5.97 Å². The normalized spacial score (nSPS) is 9.14. The molecular weight excluding hydrogens is 200 g/mol. The van der Waals surface area contributed by atoms with Gasteiger partial charge in [-0.1, -0.05) is 12.2 Å². The van der Waals surface area contributed by atoms with Gasteiger partial charge in [-0.3, -0.25) is 4.99 Å². The van der Waals surface area contributed by atoms with E-state index >= 15 is 0 Å². The lowest BCUT2D eigenvalue weighted by molar-refractivity contribution is -0.129. The summed E-state index contributed by atoms with van der Waals surface area (Å²) in [6.07, 6.45) is 0. The first-order chi connectivity index (χ1) is 6.63. The number of rotatable bonds is 2. The monoisotopic (exact) mass is 208 g/mol. The number of carbonyl (C=O) groups is 1. The lowest BCUT2D eigenvalue weighted by atomic mass is 10.3. The van der Waals surface area contributed by atoms with Crippen LogP contribution in [0.3, 0.4) is 0 Å². The molecule has 0 unspecified atom stereocenters. The Morgan fingerprint density at radius 1 is 1.43 bits per heavy atom. The van der Waals surface area contributed by atoms with Crippen molar-refractivity contribution in [2.45, 2.75) is 0 Å². The zero-order chi connectivity index (χ0) is 10.6. The van der Waals surface area contributed by atoms with E-state index in [1.807, 2.05) is 0 Å². The number of nitrogens with one attached hydrogen (secondary N) is 1. The van der Waals surface area contributed by atoms with Crippen molar-refractivity contribution >= 4 is 41.3 Å². The second-order valence-corrected chi connectivity index (χ2v) is 2.87. The lowest BCUT2D eigenvalue weighted by Gasteiger charge is -2.03. The first kappa shape index (κ1) is 10.3. The molecule has 0 aliphatic heterocycles. The number of hydrogen-bond acceptors (Lipinski definition) is 3. The Morgan fingerprint density at radius 2 is 2.00 bits per heavy atom. The Kier molecular flexibility index (Phi) is 3.30. The quantitative estimate of drug-likeness (QED) is 0.575. The zero-order valence-electron chi connectivity index (χ0n) is 7.23. The van der Waals surface area contributed by atoms with Crippen LogP contribution in [0.15, 0.2) is 29.3 Å². The zero-order valence-corrected chi connectivity index (χ0v) is 8.04. The third kappa shape index (κ3) is 2.63. The van der Waals surface area contributed by atoms with E-state index in [1.165, 1.54) is 0 Å². The van der Waals surface area contributed by atoms with E-state index in [1.54, 1.807) is 24.3 Å². The number of benzene rings is 1. The number of hydrogen-bond donors (Lipinski definition) is 2. The van der Waals surface area contributed by atoms with Gasteiger partial charge in [0.1, 0.15) is 0 Å². The maximum atomic E-state index is 10.4. The highest BCUT2D eigenvalue weighted by molar-refractivity contribution is 7.82. The molecule has 0 fully saturated rings. The van der Waals surface area contributed by atoms with Crippen molar-refractivity contribution in [2.24, 2.45) is 4.99 Å². The number of aliphatic carboxylic acids is 1. The molecule has 0 saturated heterocycles. The van der Waals surface area contributed by atoms with Gasteiger partial charge in [-0.05, 0) is 31.0 Å². The molecule has 0 aliphatic carbocycles. The van der Waals surface area contributed by atoms with Gasteiger partial charge in [0.2, 0.25) is 0 Å². The molecule has 0 amide bonds. The van der Waals surface area contributed by atoms with E-state index in [4.69, 9.17) is 5.11 Å². The lowest BCUT2D eigenvalue weighted by Crippen LogP contribution is -2.19. The summed E-state index contributed by atoms with van der Waals surface area (Å²) in [5.41, 5.74) is 1.33. The average molecular weight is 208 g/mol. The van der Waals surface area contributed by atoms with Gasteiger partial charge >= 0.3 is 5.97 Å². The highest BCUT2D eigenvalue weighted by Crippen LogP contribution is 2.15.